The molecule has 2 N–H and O–H groups in total. The second kappa shape index (κ2) is 11.7. The zero-order valence-electron chi connectivity index (χ0n) is 23.7. The zero-order valence-corrected chi connectivity index (χ0v) is 24.5. The molecule has 0 aliphatic carbocycles. The fourth-order valence-corrected chi connectivity index (χ4v) is 6.77. The minimum absolute atomic E-state index is 0.0319. The fraction of sp³-hybridized carbons (Fsp3) is 0.414. The largest absolute Gasteiger partial charge is 0.573 e. The molecule has 0 radical (unpaired) electrons. The van der Waals surface area contributed by atoms with Gasteiger partial charge in [-0.2, -0.15) is 4.31 Å². The predicted molar refractivity (Wildman–Crippen MR) is 154 cm³/mol. The van der Waals surface area contributed by atoms with E-state index in [2.05, 4.69) is 20.4 Å². The SMILES string of the molecule is Cc1cc(C(=O)N2CCNCC2)cc(C)c1C=CS(=O)(=O)N1CCC2(CC1)N=C(c1cccc(OC(F)(F)F)c1)NC2=O. The number of benzene rings is 2. The van der Waals surface area contributed by atoms with E-state index in [9.17, 15) is 31.2 Å². The molecule has 2 fully saturated rings. The Kier molecular flexibility index (Phi) is 8.38. The van der Waals surface area contributed by atoms with Crippen LogP contribution in [0.25, 0.3) is 6.08 Å². The summed E-state index contributed by atoms with van der Waals surface area (Å²) in [5.74, 6) is -0.818. The highest BCUT2D eigenvalue weighted by atomic mass is 32.2. The molecule has 2 aromatic carbocycles. The second-order valence-corrected chi connectivity index (χ2v) is 12.7. The third-order valence-corrected chi connectivity index (χ3v) is 9.45. The quantitative estimate of drug-likeness (QED) is 0.513. The van der Waals surface area contributed by atoms with Crippen molar-refractivity contribution < 1.29 is 35.9 Å². The van der Waals surface area contributed by atoms with E-state index in [1.165, 1.54) is 22.5 Å². The summed E-state index contributed by atoms with van der Waals surface area (Å²) in [7, 11) is -3.84. The second-order valence-electron chi connectivity index (χ2n) is 10.8. The lowest BCUT2D eigenvalue weighted by Gasteiger charge is -2.34. The molecule has 3 heterocycles. The van der Waals surface area contributed by atoms with E-state index >= 15 is 0 Å². The first-order valence-electron chi connectivity index (χ1n) is 13.8. The first-order chi connectivity index (χ1) is 20.3. The number of amidine groups is 1. The summed E-state index contributed by atoms with van der Waals surface area (Å²) in [6, 6.07) is 8.68. The number of piperidine rings is 1. The number of halogens is 3. The van der Waals surface area contributed by atoms with Crippen molar-refractivity contribution >= 4 is 33.7 Å². The number of rotatable bonds is 6. The molecule has 2 aromatic rings. The van der Waals surface area contributed by atoms with Gasteiger partial charge in [-0.25, -0.2) is 8.42 Å². The van der Waals surface area contributed by atoms with Gasteiger partial charge >= 0.3 is 6.36 Å². The van der Waals surface area contributed by atoms with Crippen LogP contribution in [0.4, 0.5) is 13.2 Å². The Balaban J connectivity index is 1.26. The van der Waals surface area contributed by atoms with Crippen molar-refractivity contribution in [3.8, 4) is 5.75 Å². The van der Waals surface area contributed by atoms with Crippen molar-refractivity contribution in [1.29, 1.82) is 0 Å². The van der Waals surface area contributed by atoms with Gasteiger partial charge in [-0.3, -0.25) is 14.6 Å². The number of carbonyl (C=O) groups excluding carboxylic acids is 2. The van der Waals surface area contributed by atoms with Gasteiger partial charge in [0.25, 0.3) is 11.8 Å². The summed E-state index contributed by atoms with van der Waals surface area (Å²) >= 11 is 0. The predicted octanol–water partition coefficient (Wildman–Crippen LogP) is 2.96. The van der Waals surface area contributed by atoms with Gasteiger partial charge in [0, 0.05) is 55.8 Å². The summed E-state index contributed by atoms with van der Waals surface area (Å²) in [5, 5.41) is 6.98. The summed E-state index contributed by atoms with van der Waals surface area (Å²) in [5.41, 5.74) is 1.85. The summed E-state index contributed by atoms with van der Waals surface area (Å²) < 4.78 is 69.6. The smallest absolute Gasteiger partial charge is 0.406 e. The number of aliphatic imine (C=N–C) groups is 1. The average molecular weight is 620 g/mol. The lowest BCUT2D eigenvalue weighted by Crippen LogP contribution is -2.50. The van der Waals surface area contributed by atoms with Crippen LogP contribution in [0, 0.1) is 13.8 Å². The van der Waals surface area contributed by atoms with E-state index in [0.717, 1.165) is 41.8 Å². The van der Waals surface area contributed by atoms with Crippen molar-refractivity contribution in [2.75, 3.05) is 39.3 Å². The lowest BCUT2D eigenvalue weighted by atomic mass is 9.89. The van der Waals surface area contributed by atoms with Crippen LogP contribution in [-0.2, 0) is 14.8 Å². The standard InChI is InChI=1S/C29H32F3N5O5S/c1-19-16-22(26(38)36-13-9-33-10-14-36)17-20(2)24(19)6-15-43(40,41)37-11-7-28(8-12-37)27(39)34-25(35-28)21-4-3-5-23(18-21)42-29(30,31)32/h3-6,15-18,33H,7-14H2,1-2H3,(H,34,35,39). The molecule has 0 aromatic heterocycles. The Morgan fingerprint density at radius 1 is 1.05 bits per heavy atom. The van der Waals surface area contributed by atoms with Crippen molar-refractivity contribution in [3.05, 3.63) is 69.6 Å². The van der Waals surface area contributed by atoms with Crippen LogP contribution in [0.3, 0.4) is 0 Å². The molecule has 10 nitrogen and oxygen atoms in total. The van der Waals surface area contributed by atoms with Gasteiger partial charge in [0.15, 0.2) is 0 Å². The molecule has 43 heavy (non-hydrogen) atoms. The molecular formula is C29H32F3N5O5S. The minimum atomic E-state index is -4.86. The minimum Gasteiger partial charge on any atom is -0.406 e. The third kappa shape index (κ3) is 6.76. The van der Waals surface area contributed by atoms with Crippen LogP contribution in [0.1, 0.15) is 45.5 Å². The molecule has 0 unspecified atom stereocenters. The summed E-state index contributed by atoms with van der Waals surface area (Å²) in [4.78, 5) is 32.1. The van der Waals surface area contributed by atoms with E-state index in [-0.39, 0.29) is 43.2 Å². The summed E-state index contributed by atoms with van der Waals surface area (Å²) in [6.45, 7) is 6.47. The maximum absolute atomic E-state index is 13.2. The number of piperazine rings is 1. The first-order valence-corrected chi connectivity index (χ1v) is 15.3. The van der Waals surface area contributed by atoms with Crippen molar-refractivity contribution in [3.63, 3.8) is 0 Å². The number of nitrogens with one attached hydrogen (secondary N) is 2. The molecular weight excluding hydrogens is 587 g/mol. The maximum Gasteiger partial charge on any atom is 0.573 e. The highest BCUT2D eigenvalue weighted by molar-refractivity contribution is 7.92. The highest BCUT2D eigenvalue weighted by Gasteiger charge is 2.47. The number of alkyl halides is 3. The van der Waals surface area contributed by atoms with E-state index in [1.807, 2.05) is 13.8 Å². The number of nitrogens with zero attached hydrogens (tertiary/aromatic N) is 3. The Hall–Kier alpha value is -3.75. The number of hydrogen-bond acceptors (Lipinski definition) is 7. The zero-order chi connectivity index (χ0) is 31.0. The monoisotopic (exact) mass is 619 g/mol. The molecule has 3 aliphatic rings. The molecule has 230 valence electrons. The van der Waals surface area contributed by atoms with Gasteiger partial charge in [0.05, 0.1) is 0 Å². The van der Waals surface area contributed by atoms with E-state index in [1.54, 1.807) is 17.0 Å². The van der Waals surface area contributed by atoms with Crippen LogP contribution >= 0.6 is 0 Å². The van der Waals surface area contributed by atoms with Crippen molar-refractivity contribution in [1.82, 2.24) is 19.8 Å². The molecule has 0 saturated carbocycles. The van der Waals surface area contributed by atoms with Gasteiger partial charge in [-0.15, -0.1) is 13.2 Å². The Labute approximate surface area is 247 Å². The van der Waals surface area contributed by atoms with Crippen LogP contribution in [-0.4, -0.2) is 86.4 Å². The van der Waals surface area contributed by atoms with Gasteiger partial charge < -0.3 is 20.3 Å². The van der Waals surface area contributed by atoms with E-state index in [0.29, 0.717) is 24.2 Å². The number of sulfonamides is 1. The third-order valence-electron chi connectivity index (χ3n) is 7.88. The number of aryl methyl sites for hydroxylation is 2. The molecule has 14 heteroatoms. The van der Waals surface area contributed by atoms with Crippen LogP contribution in [0.15, 0.2) is 46.8 Å². The van der Waals surface area contributed by atoms with Gasteiger partial charge in [-0.05, 0) is 73.7 Å². The Bertz CT molecular complexity index is 1570. The van der Waals surface area contributed by atoms with E-state index in [4.69, 9.17) is 0 Å². The topological polar surface area (TPSA) is 120 Å². The molecule has 1 spiro atoms. The molecule has 5 rings (SSSR count). The lowest BCUT2D eigenvalue weighted by molar-refractivity contribution is -0.274. The van der Waals surface area contributed by atoms with Gasteiger partial charge in [0.1, 0.15) is 17.1 Å². The van der Waals surface area contributed by atoms with Crippen LogP contribution < -0.4 is 15.4 Å². The number of ether oxygens (including phenoxy) is 1. The number of amides is 2. The van der Waals surface area contributed by atoms with Gasteiger partial charge in [-0.1, -0.05) is 12.1 Å². The molecule has 0 atom stereocenters. The van der Waals surface area contributed by atoms with Gasteiger partial charge in [0.2, 0.25) is 10.0 Å². The Morgan fingerprint density at radius 3 is 2.33 bits per heavy atom. The first kappa shape index (κ1) is 30.7. The average Bonchev–Trinajstić information content (AvgIpc) is 3.27. The van der Waals surface area contributed by atoms with Crippen LogP contribution in [0.2, 0.25) is 0 Å². The summed E-state index contributed by atoms with van der Waals surface area (Å²) in [6.07, 6.45) is -3.12. The molecule has 3 aliphatic heterocycles. The van der Waals surface area contributed by atoms with Crippen molar-refractivity contribution in [2.45, 2.75) is 38.6 Å². The molecule has 0 bridgehead atoms. The van der Waals surface area contributed by atoms with E-state index < -0.39 is 33.6 Å². The molecule has 2 saturated heterocycles. The number of carbonyl (C=O) groups is 2. The normalized spacial score (nSPS) is 19.5. The number of hydrogen-bond donors (Lipinski definition) is 2. The van der Waals surface area contributed by atoms with Crippen molar-refractivity contribution in [2.24, 2.45) is 4.99 Å². The van der Waals surface area contributed by atoms with Crippen LogP contribution in [0.5, 0.6) is 5.75 Å². The fourth-order valence-electron chi connectivity index (χ4n) is 5.59. The maximum atomic E-state index is 13.2. The highest BCUT2D eigenvalue weighted by Crippen LogP contribution is 2.33. The Morgan fingerprint density at radius 2 is 1.70 bits per heavy atom. The molecule has 2 amide bonds.